The second-order valence-corrected chi connectivity index (χ2v) is 9.35. The second kappa shape index (κ2) is 10.1. The van der Waals surface area contributed by atoms with Gasteiger partial charge in [-0.1, -0.05) is 40.5 Å². The van der Waals surface area contributed by atoms with Gasteiger partial charge in [-0.15, -0.1) is 0 Å². The zero-order chi connectivity index (χ0) is 28.0. The van der Waals surface area contributed by atoms with Crippen molar-refractivity contribution >= 4 is 46.0 Å². The number of carboxylic acid groups (broad SMARTS) is 1. The van der Waals surface area contributed by atoms with Crippen LogP contribution in [0.15, 0.2) is 59.4 Å². The number of pyridine rings is 1. The van der Waals surface area contributed by atoms with Gasteiger partial charge in [0, 0.05) is 29.1 Å². The van der Waals surface area contributed by atoms with Crippen LogP contribution in [0, 0.1) is 13.8 Å². The van der Waals surface area contributed by atoms with E-state index in [1.165, 1.54) is 47.2 Å². The van der Waals surface area contributed by atoms with E-state index >= 15 is 0 Å². The van der Waals surface area contributed by atoms with Gasteiger partial charge >= 0.3 is 12.6 Å². The lowest BCUT2D eigenvalue weighted by atomic mass is 10.0. The van der Waals surface area contributed by atoms with Gasteiger partial charge in [-0.25, -0.2) is 4.79 Å². The molecule has 0 unspecified atom stereocenters. The van der Waals surface area contributed by atoms with Gasteiger partial charge in [-0.2, -0.15) is 8.78 Å². The van der Waals surface area contributed by atoms with Crippen molar-refractivity contribution in [1.29, 1.82) is 0 Å². The van der Waals surface area contributed by atoms with Crippen molar-refractivity contribution in [3.63, 3.8) is 0 Å². The molecule has 12 heteroatoms. The number of ketones is 1. The fourth-order valence-electron chi connectivity index (χ4n) is 4.38. The lowest BCUT2D eigenvalue weighted by Crippen LogP contribution is -2.05. The maximum atomic E-state index is 13.6. The van der Waals surface area contributed by atoms with Crippen LogP contribution in [0.5, 0.6) is 5.75 Å². The Balaban J connectivity index is 1.75. The van der Waals surface area contributed by atoms with Crippen LogP contribution in [-0.4, -0.2) is 38.2 Å². The lowest BCUT2D eigenvalue weighted by molar-refractivity contribution is -0.0498. The number of fused-ring (bicyclic) bond motifs is 1. The third kappa shape index (κ3) is 4.84. The number of aromatic carboxylic acids is 1. The summed E-state index contributed by atoms with van der Waals surface area (Å²) in [5, 5.41) is 13.4. The molecule has 0 radical (unpaired) electrons. The van der Waals surface area contributed by atoms with Crippen LogP contribution < -0.4 is 4.74 Å². The summed E-state index contributed by atoms with van der Waals surface area (Å²) in [5.74, 6) is -1.36. The number of carbonyl (C=O) groups is 2. The van der Waals surface area contributed by atoms with Gasteiger partial charge in [0.2, 0.25) is 0 Å². The molecule has 2 aromatic carbocycles. The van der Waals surface area contributed by atoms with Crippen LogP contribution in [0.25, 0.3) is 27.8 Å². The van der Waals surface area contributed by atoms with E-state index in [4.69, 9.17) is 27.7 Å². The molecule has 0 amide bonds. The van der Waals surface area contributed by atoms with Gasteiger partial charge in [0.25, 0.3) is 0 Å². The average Bonchev–Trinajstić information content (AvgIpc) is 3.41. The van der Waals surface area contributed by atoms with Crippen LogP contribution in [0.3, 0.4) is 0 Å². The van der Waals surface area contributed by atoms with E-state index in [-0.39, 0.29) is 43.7 Å². The fourth-order valence-corrected chi connectivity index (χ4v) is 5.04. The molecule has 1 N–H and O–H groups in total. The number of aryl methyl sites for hydroxylation is 2. The highest BCUT2D eigenvalue weighted by molar-refractivity contribution is 6.38. The quantitative estimate of drug-likeness (QED) is 0.207. The third-order valence-electron chi connectivity index (χ3n) is 6.03. The smallest absolute Gasteiger partial charge is 0.387 e. The molecule has 5 aromatic rings. The molecule has 0 saturated carbocycles. The van der Waals surface area contributed by atoms with E-state index in [9.17, 15) is 23.5 Å². The molecule has 0 saturated heterocycles. The Morgan fingerprint density at radius 3 is 2.41 bits per heavy atom. The Morgan fingerprint density at radius 2 is 1.79 bits per heavy atom. The third-order valence-corrected chi connectivity index (χ3v) is 6.61. The number of nitrogens with zero attached hydrogens (tertiary/aromatic N) is 3. The summed E-state index contributed by atoms with van der Waals surface area (Å²) in [5.41, 5.74) is 2.97. The van der Waals surface area contributed by atoms with Gasteiger partial charge in [-0.3, -0.25) is 9.78 Å². The van der Waals surface area contributed by atoms with Crippen molar-refractivity contribution in [2.45, 2.75) is 20.5 Å². The minimum atomic E-state index is -3.06. The zero-order valence-corrected chi connectivity index (χ0v) is 21.7. The summed E-state index contributed by atoms with van der Waals surface area (Å²) in [6.45, 7) is 0.469. The molecule has 0 bridgehead atoms. The first-order valence-electron chi connectivity index (χ1n) is 11.3. The van der Waals surface area contributed by atoms with Crippen LogP contribution in [0.2, 0.25) is 10.0 Å². The molecule has 0 fully saturated rings. The summed E-state index contributed by atoms with van der Waals surface area (Å²) in [4.78, 5) is 29.7. The van der Waals surface area contributed by atoms with Crippen molar-refractivity contribution in [3.8, 4) is 22.6 Å². The Hall–Kier alpha value is -4.28. The fraction of sp³-hybridized carbons (Fsp3) is 0.111. The average molecular weight is 572 g/mol. The molecule has 0 spiro atoms. The number of halogens is 4. The number of ether oxygens (including phenoxy) is 1. The SMILES string of the molecule is Cc1noc(C)c1-c1cnc2c(C(=O)c3cccc(OC(F)F)c3)cn(-c3c(Cl)cc(C(=O)O)cc3Cl)c2c1. The van der Waals surface area contributed by atoms with E-state index in [1.54, 1.807) is 26.1 Å². The molecule has 0 aliphatic heterocycles. The first kappa shape index (κ1) is 26.3. The number of rotatable bonds is 7. The molecular weight excluding hydrogens is 555 g/mol. The van der Waals surface area contributed by atoms with Gasteiger partial charge in [0.05, 0.1) is 43.6 Å². The van der Waals surface area contributed by atoms with Crippen LogP contribution >= 0.6 is 23.2 Å². The molecule has 3 heterocycles. The number of alkyl halides is 2. The van der Waals surface area contributed by atoms with Crippen molar-refractivity contribution in [2.75, 3.05) is 0 Å². The summed E-state index contributed by atoms with van der Waals surface area (Å²) >= 11 is 13.0. The van der Waals surface area contributed by atoms with E-state index in [1.807, 2.05) is 0 Å². The Bertz CT molecular complexity index is 1740. The maximum absolute atomic E-state index is 13.6. The minimum Gasteiger partial charge on any atom is -0.478 e. The van der Waals surface area contributed by atoms with Crippen molar-refractivity contribution in [1.82, 2.24) is 14.7 Å². The van der Waals surface area contributed by atoms with Crippen LogP contribution in [0.1, 0.15) is 37.7 Å². The number of aromatic nitrogens is 3. The largest absolute Gasteiger partial charge is 0.478 e. The Kier molecular flexibility index (Phi) is 6.83. The summed E-state index contributed by atoms with van der Waals surface area (Å²) in [6, 6.07) is 9.64. The maximum Gasteiger partial charge on any atom is 0.387 e. The number of benzene rings is 2. The summed E-state index contributed by atoms with van der Waals surface area (Å²) < 4.78 is 36.8. The molecule has 5 rings (SSSR count). The first-order chi connectivity index (χ1) is 18.5. The minimum absolute atomic E-state index is 0.0193. The monoisotopic (exact) mass is 571 g/mol. The van der Waals surface area contributed by atoms with Crippen molar-refractivity contribution < 1.29 is 32.7 Å². The summed E-state index contributed by atoms with van der Waals surface area (Å²) in [6.07, 6.45) is 3.02. The highest BCUT2D eigenvalue weighted by atomic mass is 35.5. The standard InChI is InChI=1S/C27H17Cl2F2N3O5/c1-12-22(13(2)39-33-12)16-9-21-23(32-10-16)18(25(35)14-4-3-5-17(6-14)38-27(30)31)11-34(21)24-19(28)7-15(26(36)37)8-20(24)29/h3-11,27H,1-2H3,(H,36,37). The van der Waals surface area contributed by atoms with E-state index in [0.29, 0.717) is 28.1 Å². The topological polar surface area (TPSA) is 107 Å². The van der Waals surface area contributed by atoms with Crippen molar-refractivity contribution in [3.05, 3.63) is 93.0 Å². The predicted octanol–water partition coefficient (Wildman–Crippen LogP) is 7.13. The molecule has 0 aliphatic rings. The predicted molar refractivity (Wildman–Crippen MR) is 140 cm³/mol. The van der Waals surface area contributed by atoms with E-state index in [2.05, 4.69) is 14.9 Å². The number of carboxylic acids is 1. The molecule has 0 atom stereocenters. The second-order valence-electron chi connectivity index (χ2n) is 8.53. The van der Waals surface area contributed by atoms with Gasteiger partial charge in [0.1, 0.15) is 11.5 Å². The lowest BCUT2D eigenvalue weighted by Gasteiger charge is -2.12. The zero-order valence-electron chi connectivity index (χ0n) is 20.2. The van der Waals surface area contributed by atoms with E-state index in [0.717, 1.165) is 0 Å². The Morgan fingerprint density at radius 1 is 1.08 bits per heavy atom. The molecular formula is C27H17Cl2F2N3O5. The van der Waals surface area contributed by atoms with Crippen molar-refractivity contribution in [2.24, 2.45) is 0 Å². The van der Waals surface area contributed by atoms with E-state index < -0.39 is 18.4 Å². The number of hydrogen-bond acceptors (Lipinski definition) is 6. The number of carbonyl (C=O) groups excluding carboxylic acids is 1. The first-order valence-corrected chi connectivity index (χ1v) is 12.1. The molecule has 3 aromatic heterocycles. The van der Waals surface area contributed by atoms with Crippen LogP contribution in [-0.2, 0) is 0 Å². The molecule has 8 nitrogen and oxygen atoms in total. The Labute approximate surface area is 229 Å². The van der Waals surface area contributed by atoms with Gasteiger partial charge in [-0.05, 0) is 44.2 Å². The van der Waals surface area contributed by atoms with Gasteiger partial charge in [0.15, 0.2) is 5.78 Å². The molecule has 0 aliphatic carbocycles. The normalized spacial score (nSPS) is 11.4. The molecule has 198 valence electrons. The van der Waals surface area contributed by atoms with Crippen LogP contribution in [0.4, 0.5) is 8.78 Å². The number of hydrogen-bond donors (Lipinski definition) is 1. The van der Waals surface area contributed by atoms with Gasteiger partial charge < -0.3 is 18.9 Å². The molecule has 39 heavy (non-hydrogen) atoms. The summed E-state index contributed by atoms with van der Waals surface area (Å²) in [7, 11) is 0. The highest BCUT2D eigenvalue weighted by Crippen LogP contribution is 2.37. The highest BCUT2D eigenvalue weighted by Gasteiger charge is 2.24.